The molecule has 1 saturated heterocycles. The van der Waals surface area contributed by atoms with Crippen LogP contribution in [-0.2, 0) is 17.7 Å². The van der Waals surface area contributed by atoms with Gasteiger partial charge in [0.25, 0.3) is 0 Å². The van der Waals surface area contributed by atoms with E-state index in [-0.39, 0.29) is 0 Å². The summed E-state index contributed by atoms with van der Waals surface area (Å²) in [5.41, 5.74) is 7.07. The molecule has 1 saturated carbocycles. The van der Waals surface area contributed by atoms with E-state index in [0.29, 0.717) is 18.6 Å². The van der Waals surface area contributed by atoms with Crippen molar-refractivity contribution < 1.29 is 4.74 Å². The Bertz CT molecular complexity index is 367. The molecule has 1 aliphatic heterocycles. The summed E-state index contributed by atoms with van der Waals surface area (Å²) in [6.07, 6.45) is 6.39. The van der Waals surface area contributed by atoms with Crippen molar-refractivity contribution in [2.24, 2.45) is 5.73 Å². The lowest BCUT2D eigenvalue weighted by molar-refractivity contribution is 0.111. The van der Waals surface area contributed by atoms with Crippen LogP contribution in [0.15, 0.2) is 0 Å². The fraction of sp³-hybridized carbons (Fsp3) is 0.750. The van der Waals surface area contributed by atoms with Gasteiger partial charge >= 0.3 is 0 Å². The van der Waals surface area contributed by atoms with Crippen LogP contribution >= 0.6 is 11.3 Å². The van der Waals surface area contributed by atoms with E-state index in [1.807, 2.05) is 0 Å². The first-order valence-corrected chi connectivity index (χ1v) is 6.98. The van der Waals surface area contributed by atoms with Gasteiger partial charge in [-0.1, -0.05) is 0 Å². The minimum Gasteiger partial charge on any atom is -0.378 e. The number of ether oxygens (including phenoxy) is 1. The molecule has 0 radical (unpaired) electrons. The molecule has 2 N–H and O–H groups in total. The minimum atomic E-state index is 0.406. The SMILES string of the molecule is NCc1sc(CC2CCCO2)nc1C1CC1. The molecule has 16 heavy (non-hydrogen) atoms. The van der Waals surface area contributed by atoms with E-state index in [4.69, 9.17) is 15.5 Å². The highest BCUT2D eigenvalue weighted by Crippen LogP contribution is 2.42. The van der Waals surface area contributed by atoms with E-state index in [0.717, 1.165) is 13.0 Å². The van der Waals surface area contributed by atoms with Gasteiger partial charge in [0.05, 0.1) is 16.8 Å². The highest BCUT2D eigenvalue weighted by Gasteiger charge is 2.29. The second-order valence-electron chi connectivity index (χ2n) is 4.73. The number of rotatable bonds is 4. The molecule has 0 amide bonds. The molecule has 1 atom stereocenters. The van der Waals surface area contributed by atoms with Crippen LogP contribution < -0.4 is 5.73 Å². The molecular formula is C12H18N2OS. The smallest absolute Gasteiger partial charge is 0.0957 e. The van der Waals surface area contributed by atoms with Crippen molar-refractivity contribution in [3.05, 3.63) is 15.6 Å². The van der Waals surface area contributed by atoms with Crippen LogP contribution in [0, 0.1) is 0 Å². The van der Waals surface area contributed by atoms with Crippen LogP contribution in [0.5, 0.6) is 0 Å². The first kappa shape index (κ1) is 10.7. The third kappa shape index (κ3) is 2.14. The molecule has 1 aromatic rings. The van der Waals surface area contributed by atoms with Crippen LogP contribution in [0.2, 0.25) is 0 Å². The second-order valence-corrected chi connectivity index (χ2v) is 5.90. The van der Waals surface area contributed by atoms with E-state index in [1.165, 1.54) is 41.3 Å². The van der Waals surface area contributed by atoms with Gasteiger partial charge in [-0.05, 0) is 25.7 Å². The summed E-state index contributed by atoms with van der Waals surface area (Å²) in [7, 11) is 0. The Morgan fingerprint density at radius 2 is 2.25 bits per heavy atom. The molecule has 0 aromatic carbocycles. The summed E-state index contributed by atoms with van der Waals surface area (Å²) in [6.45, 7) is 1.57. The zero-order valence-electron chi connectivity index (χ0n) is 9.45. The first-order chi connectivity index (χ1) is 7.86. The number of hydrogen-bond donors (Lipinski definition) is 1. The average Bonchev–Trinajstić information content (AvgIpc) is 2.86. The minimum absolute atomic E-state index is 0.406. The number of aromatic nitrogens is 1. The summed E-state index contributed by atoms with van der Waals surface area (Å²) in [5.74, 6) is 0.716. The van der Waals surface area contributed by atoms with Gasteiger partial charge in [0, 0.05) is 30.4 Å². The van der Waals surface area contributed by atoms with E-state index in [1.54, 1.807) is 11.3 Å². The average molecular weight is 238 g/mol. The highest BCUT2D eigenvalue weighted by molar-refractivity contribution is 7.11. The maximum atomic E-state index is 5.78. The largest absolute Gasteiger partial charge is 0.378 e. The normalized spacial score (nSPS) is 25.2. The zero-order chi connectivity index (χ0) is 11.0. The number of nitrogens with zero attached hydrogens (tertiary/aromatic N) is 1. The van der Waals surface area contributed by atoms with Gasteiger partial charge in [-0.2, -0.15) is 0 Å². The molecule has 1 unspecified atom stereocenters. The Kier molecular flexibility index (Phi) is 2.96. The fourth-order valence-corrected chi connectivity index (χ4v) is 3.42. The van der Waals surface area contributed by atoms with Gasteiger partial charge in [0.2, 0.25) is 0 Å². The summed E-state index contributed by atoms with van der Waals surface area (Å²) in [5, 5.41) is 1.23. The molecule has 2 aliphatic rings. The van der Waals surface area contributed by atoms with Gasteiger partial charge < -0.3 is 10.5 Å². The molecule has 88 valence electrons. The summed E-state index contributed by atoms with van der Waals surface area (Å²) in [4.78, 5) is 6.07. The van der Waals surface area contributed by atoms with Crippen molar-refractivity contribution in [3.63, 3.8) is 0 Å². The molecular weight excluding hydrogens is 220 g/mol. The molecule has 1 aromatic heterocycles. The Morgan fingerprint density at radius 1 is 1.38 bits per heavy atom. The van der Waals surface area contributed by atoms with E-state index < -0.39 is 0 Å². The predicted octanol–water partition coefficient (Wildman–Crippen LogP) is 2.20. The van der Waals surface area contributed by atoms with Crippen molar-refractivity contribution in [2.45, 2.75) is 50.7 Å². The summed E-state index contributed by atoms with van der Waals surface area (Å²) >= 11 is 1.80. The molecule has 3 rings (SSSR count). The Balaban J connectivity index is 1.73. The van der Waals surface area contributed by atoms with Gasteiger partial charge in [-0.3, -0.25) is 0 Å². The quantitative estimate of drug-likeness (QED) is 0.874. The van der Waals surface area contributed by atoms with Gasteiger partial charge in [0.1, 0.15) is 0 Å². The number of nitrogens with two attached hydrogens (primary N) is 1. The maximum absolute atomic E-state index is 5.78. The van der Waals surface area contributed by atoms with Crippen molar-refractivity contribution in [1.82, 2.24) is 4.98 Å². The van der Waals surface area contributed by atoms with Gasteiger partial charge in [-0.25, -0.2) is 4.98 Å². The summed E-state index contributed by atoms with van der Waals surface area (Å²) < 4.78 is 5.65. The van der Waals surface area contributed by atoms with Crippen LogP contribution in [0.4, 0.5) is 0 Å². The van der Waals surface area contributed by atoms with Gasteiger partial charge in [0.15, 0.2) is 0 Å². The molecule has 2 fully saturated rings. The molecule has 1 aliphatic carbocycles. The molecule has 2 heterocycles. The lowest BCUT2D eigenvalue weighted by atomic mass is 10.2. The third-order valence-electron chi connectivity index (χ3n) is 3.35. The Morgan fingerprint density at radius 3 is 2.88 bits per heavy atom. The van der Waals surface area contributed by atoms with Crippen LogP contribution in [0.1, 0.15) is 47.2 Å². The van der Waals surface area contributed by atoms with Crippen molar-refractivity contribution in [3.8, 4) is 0 Å². The van der Waals surface area contributed by atoms with Crippen LogP contribution in [0.25, 0.3) is 0 Å². The lowest BCUT2D eigenvalue weighted by Gasteiger charge is -2.05. The first-order valence-electron chi connectivity index (χ1n) is 6.17. The monoisotopic (exact) mass is 238 g/mol. The van der Waals surface area contributed by atoms with Crippen LogP contribution in [0.3, 0.4) is 0 Å². The molecule has 0 spiro atoms. The molecule has 0 bridgehead atoms. The standard InChI is InChI=1S/C12H18N2OS/c13-7-10-12(8-3-4-8)14-11(16-10)6-9-2-1-5-15-9/h8-9H,1-7,13H2. The van der Waals surface area contributed by atoms with Gasteiger partial charge in [-0.15, -0.1) is 11.3 Å². The van der Waals surface area contributed by atoms with E-state index in [2.05, 4.69) is 0 Å². The van der Waals surface area contributed by atoms with E-state index in [9.17, 15) is 0 Å². The third-order valence-corrected chi connectivity index (χ3v) is 4.46. The lowest BCUT2D eigenvalue weighted by Crippen LogP contribution is -2.08. The van der Waals surface area contributed by atoms with Crippen molar-refractivity contribution in [1.29, 1.82) is 0 Å². The summed E-state index contributed by atoms with van der Waals surface area (Å²) in [6, 6.07) is 0. The molecule has 3 nitrogen and oxygen atoms in total. The van der Waals surface area contributed by atoms with Crippen molar-refractivity contribution in [2.75, 3.05) is 6.61 Å². The highest BCUT2D eigenvalue weighted by atomic mass is 32.1. The maximum Gasteiger partial charge on any atom is 0.0957 e. The van der Waals surface area contributed by atoms with Crippen molar-refractivity contribution >= 4 is 11.3 Å². The zero-order valence-corrected chi connectivity index (χ0v) is 10.3. The Hall–Kier alpha value is -0.450. The predicted molar refractivity (Wildman–Crippen MR) is 64.7 cm³/mol. The van der Waals surface area contributed by atoms with E-state index >= 15 is 0 Å². The Labute approximate surface area is 100 Å². The fourth-order valence-electron chi connectivity index (χ4n) is 2.32. The second kappa shape index (κ2) is 4.43. The number of hydrogen-bond acceptors (Lipinski definition) is 4. The number of thiazole rings is 1. The van der Waals surface area contributed by atoms with Crippen LogP contribution in [-0.4, -0.2) is 17.7 Å². The molecule has 4 heteroatoms. The topological polar surface area (TPSA) is 48.1 Å².